The molecule has 3 aromatic rings. The summed E-state index contributed by atoms with van der Waals surface area (Å²) < 4.78 is 70.7. The molecule has 234 valence electrons. The molecule has 0 radical (unpaired) electrons. The van der Waals surface area contributed by atoms with Crippen LogP contribution in [0.2, 0.25) is 0 Å². The monoisotopic (exact) mass is 634 g/mol. The minimum absolute atomic E-state index is 0.126. The fraction of sp³-hybridized carbons (Fsp3) is 0.250. The van der Waals surface area contributed by atoms with Gasteiger partial charge in [-0.05, 0) is 42.0 Å². The molecule has 0 aromatic heterocycles. The van der Waals surface area contributed by atoms with E-state index in [1.54, 1.807) is 0 Å². The molecular weight excluding hydrogens is 611 g/mol. The minimum Gasteiger partial charge on any atom is -0.271 e. The lowest BCUT2D eigenvalue weighted by Gasteiger charge is -2.30. The molecular formula is C32H23F5N6O3. The van der Waals surface area contributed by atoms with E-state index in [2.05, 4.69) is 10.3 Å². The van der Waals surface area contributed by atoms with Gasteiger partial charge in [0.15, 0.2) is 35.4 Å². The topological polar surface area (TPSA) is 98.0 Å². The molecule has 0 spiro atoms. The van der Waals surface area contributed by atoms with Crippen molar-refractivity contribution in [3.8, 4) is 0 Å². The van der Waals surface area contributed by atoms with E-state index < -0.39 is 77.2 Å². The van der Waals surface area contributed by atoms with Crippen molar-refractivity contribution in [1.29, 1.82) is 0 Å². The van der Waals surface area contributed by atoms with E-state index >= 15 is 0 Å². The lowest BCUT2D eigenvalue weighted by molar-refractivity contribution is -0.136. The number of anilines is 1. The second-order valence-electron chi connectivity index (χ2n) is 11.3. The van der Waals surface area contributed by atoms with Crippen LogP contribution in [0.5, 0.6) is 0 Å². The highest BCUT2D eigenvalue weighted by Crippen LogP contribution is 2.45. The lowest BCUT2D eigenvalue weighted by Crippen LogP contribution is -2.45. The number of amides is 3. The summed E-state index contributed by atoms with van der Waals surface area (Å²) in [6, 6.07) is 15.2. The third-order valence-electron chi connectivity index (χ3n) is 8.60. The maximum Gasteiger partial charge on any atom is 0.264 e. The number of benzene rings is 3. The second kappa shape index (κ2) is 11.3. The number of rotatable bonds is 5. The van der Waals surface area contributed by atoms with Gasteiger partial charge in [0.25, 0.3) is 17.7 Å². The van der Waals surface area contributed by atoms with Crippen molar-refractivity contribution in [2.75, 3.05) is 11.4 Å². The molecule has 7 rings (SSSR count). The normalized spacial score (nSPS) is 24.6. The first kappa shape index (κ1) is 29.4. The van der Waals surface area contributed by atoms with Gasteiger partial charge in [-0.15, -0.1) is 0 Å². The van der Waals surface area contributed by atoms with Crippen molar-refractivity contribution < 1.29 is 36.3 Å². The van der Waals surface area contributed by atoms with Crippen molar-refractivity contribution >= 4 is 35.2 Å². The van der Waals surface area contributed by atoms with E-state index in [-0.39, 0.29) is 10.8 Å². The molecule has 9 nitrogen and oxygen atoms in total. The third-order valence-corrected chi connectivity index (χ3v) is 8.60. The summed E-state index contributed by atoms with van der Waals surface area (Å²) in [6.45, 7) is -0.612. The number of allylic oxidation sites excluding steroid dienone is 1. The van der Waals surface area contributed by atoms with Crippen LogP contribution in [0.4, 0.5) is 27.6 Å². The molecule has 1 saturated heterocycles. The Balaban J connectivity index is 1.20. The summed E-state index contributed by atoms with van der Waals surface area (Å²) in [5.41, 5.74) is 1.83. The molecule has 0 unspecified atom stereocenters. The maximum atomic E-state index is 14.6. The first-order valence-corrected chi connectivity index (χ1v) is 14.5. The van der Waals surface area contributed by atoms with E-state index in [1.165, 1.54) is 5.01 Å². The van der Waals surface area contributed by atoms with E-state index in [9.17, 15) is 36.3 Å². The molecule has 46 heavy (non-hydrogen) atoms. The van der Waals surface area contributed by atoms with Crippen LogP contribution in [0, 0.1) is 35.0 Å². The molecule has 14 heteroatoms. The average Bonchev–Trinajstić information content (AvgIpc) is 3.74. The number of imide groups is 1. The molecule has 1 saturated carbocycles. The van der Waals surface area contributed by atoms with Gasteiger partial charge in [0.2, 0.25) is 5.82 Å². The highest BCUT2D eigenvalue weighted by Gasteiger charge is 2.57. The SMILES string of the molecule is O=C1[C@H]2N=NN(CC(=O)N3N=C4/C(=C/c5ccccc5)CCC[C@H]4[C@@H]3c3ccccc3)[C@H]2C(=O)N1c1c(F)c(F)c(F)c(F)c1F. The predicted molar refractivity (Wildman–Crippen MR) is 153 cm³/mol. The van der Waals surface area contributed by atoms with E-state index in [0.29, 0.717) is 0 Å². The van der Waals surface area contributed by atoms with Crippen molar-refractivity contribution in [3.05, 3.63) is 106 Å². The van der Waals surface area contributed by atoms with Gasteiger partial charge in [-0.3, -0.25) is 19.4 Å². The highest BCUT2D eigenvalue weighted by atomic mass is 19.2. The van der Waals surface area contributed by atoms with Crippen LogP contribution in [-0.4, -0.2) is 52.1 Å². The Morgan fingerprint density at radius 1 is 0.826 bits per heavy atom. The third kappa shape index (κ3) is 4.58. The number of carbonyl (C=O) groups excluding carboxylic acids is 3. The zero-order chi connectivity index (χ0) is 32.3. The lowest BCUT2D eigenvalue weighted by atomic mass is 9.77. The molecule has 3 amide bonds. The van der Waals surface area contributed by atoms with Gasteiger partial charge in [-0.2, -0.15) is 10.2 Å². The van der Waals surface area contributed by atoms with Crippen LogP contribution in [-0.2, 0) is 14.4 Å². The summed E-state index contributed by atoms with van der Waals surface area (Å²) in [5.74, 6) is -15.2. The zero-order valence-corrected chi connectivity index (χ0v) is 23.8. The van der Waals surface area contributed by atoms with Gasteiger partial charge >= 0.3 is 0 Å². The molecule has 4 atom stereocenters. The van der Waals surface area contributed by atoms with Gasteiger partial charge in [0, 0.05) is 5.92 Å². The van der Waals surface area contributed by atoms with Gasteiger partial charge in [0.05, 0.1) is 11.8 Å². The molecule has 2 fully saturated rings. The molecule has 1 aliphatic carbocycles. The van der Waals surface area contributed by atoms with E-state index in [4.69, 9.17) is 5.10 Å². The fourth-order valence-electron chi connectivity index (χ4n) is 6.52. The number of fused-ring (bicyclic) bond motifs is 2. The van der Waals surface area contributed by atoms with E-state index in [0.717, 1.165) is 46.7 Å². The summed E-state index contributed by atoms with van der Waals surface area (Å²) in [6.07, 6.45) is 4.41. The molecule has 0 N–H and O–H groups in total. The minimum atomic E-state index is -2.44. The molecule has 3 aliphatic heterocycles. The van der Waals surface area contributed by atoms with Crippen LogP contribution in [0.25, 0.3) is 6.08 Å². The number of hydrogen-bond donors (Lipinski definition) is 0. The quantitative estimate of drug-likeness (QED) is 0.160. The number of halogens is 5. The Hall–Kier alpha value is -5.27. The number of hydrogen-bond acceptors (Lipinski definition) is 7. The van der Waals surface area contributed by atoms with Crippen LogP contribution < -0.4 is 4.90 Å². The Kier molecular flexibility index (Phi) is 7.21. The summed E-state index contributed by atoms with van der Waals surface area (Å²) >= 11 is 0. The van der Waals surface area contributed by atoms with Crippen LogP contribution >= 0.6 is 0 Å². The van der Waals surface area contributed by atoms with Crippen LogP contribution in [0.15, 0.2) is 81.7 Å². The van der Waals surface area contributed by atoms with Gasteiger partial charge in [-0.25, -0.2) is 31.9 Å². The van der Waals surface area contributed by atoms with Gasteiger partial charge < -0.3 is 0 Å². The molecule has 3 aromatic carbocycles. The second-order valence-corrected chi connectivity index (χ2v) is 11.3. The van der Waals surface area contributed by atoms with E-state index in [1.807, 2.05) is 66.7 Å². The number of hydrazone groups is 1. The Morgan fingerprint density at radius 2 is 1.46 bits per heavy atom. The summed E-state index contributed by atoms with van der Waals surface area (Å²) in [4.78, 5) is 40.2. The Morgan fingerprint density at radius 3 is 2.13 bits per heavy atom. The first-order chi connectivity index (χ1) is 22.2. The summed E-state index contributed by atoms with van der Waals surface area (Å²) in [7, 11) is 0. The van der Waals surface area contributed by atoms with Gasteiger partial charge in [0.1, 0.15) is 12.2 Å². The zero-order valence-electron chi connectivity index (χ0n) is 23.8. The number of nitrogens with zero attached hydrogens (tertiary/aromatic N) is 6. The average molecular weight is 635 g/mol. The van der Waals surface area contributed by atoms with Gasteiger partial charge in [-0.1, -0.05) is 65.9 Å². The van der Waals surface area contributed by atoms with Crippen molar-refractivity contribution in [2.24, 2.45) is 21.4 Å². The molecule has 4 aliphatic rings. The molecule has 3 heterocycles. The smallest absolute Gasteiger partial charge is 0.264 e. The maximum absolute atomic E-state index is 14.6. The standard InChI is InChI=1S/C32H23F5N6O3/c33-21-22(34)24(36)29(25(37)23(21)35)42-31(45)27-30(32(42)46)41(40-38-27)15-20(44)43-28(17-10-5-2-6-11-17)19-13-7-12-18(26(19)39-43)14-16-8-3-1-4-9-16/h1-6,8-11,14,19,27-28,30H,7,12-13,15H2/b18-14+/t19-,27+,28+,30-/m1/s1. The van der Waals surface area contributed by atoms with Crippen LogP contribution in [0.3, 0.4) is 0 Å². The van der Waals surface area contributed by atoms with Crippen LogP contribution in [0.1, 0.15) is 36.4 Å². The largest absolute Gasteiger partial charge is 0.271 e. The van der Waals surface area contributed by atoms with Crippen molar-refractivity contribution in [1.82, 2.24) is 10.0 Å². The highest BCUT2D eigenvalue weighted by molar-refractivity contribution is 6.25. The van der Waals surface area contributed by atoms with Crippen molar-refractivity contribution in [2.45, 2.75) is 37.4 Å². The first-order valence-electron chi connectivity index (χ1n) is 14.5. The fourth-order valence-corrected chi connectivity index (χ4v) is 6.52. The molecule has 0 bridgehead atoms. The van der Waals surface area contributed by atoms with Crippen molar-refractivity contribution in [3.63, 3.8) is 0 Å². The summed E-state index contributed by atoms with van der Waals surface area (Å²) in [5, 5.41) is 14.5. The Bertz CT molecular complexity index is 1840. The number of carbonyl (C=O) groups is 3. The predicted octanol–water partition coefficient (Wildman–Crippen LogP) is 5.50. The Labute approximate surface area is 258 Å².